The van der Waals surface area contributed by atoms with Gasteiger partial charge in [0.05, 0.1) is 6.61 Å². The van der Waals surface area contributed by atoms with Crippen molar-refractivity contribution in [3.05, 3.63) is 0 Å². The molecule has 2 rings (SSSR count). The van der Waals surface area contributed by atoms with Crippen molar-refractivity contribution in [1.82, 2.24) is 15.1 Å². The molecule has 4 nitrogen and oxygen atoms in total. The third-order valence-corrected chi connectivity index (χ3v) is 5.17. The van der Waals surface area contributed by atoms with Crippen LogP contribution in [0.15, 0.2) is 0 Å². The van der Waals surface area contributed by atoms with Crippen LogP contribution in [-0.4, -0.2) is 72.4 Å². The molecule has 0 bridgehead atoms. The van der Waals surface area contributed by atoms with Crippen LogP contribution in [-0.2, 0) is 0 Å². The molecule has 0 aromatic rings. The molecule has 112 valence electrons. The van der Waals surface area contributed by atoms with Crippen molar-refractivity contribution >= 4 is 0 Å². The molecule has 0 aromatic carbocycles. The van der Waals surface area contributed by atoms with Crippen molar-refractivity contribution in [2.75, 3.05) is 39.8 Å². The van der Waals surface area contributed by atoms with Gasteiger partial charge in [0.2, 0.25) is 0 Å². The summed E-state index contributed by atoms with van der Waals surface area (Å²) < 4.78 is 0. The highest BCUT2D eigenvalue weighted by Crippen LogP contribution is 2.24. The Morgan fingerprint density at radius 1 is 1.32 bits per heavy atom. The smallest absolute Gasteiger partial charge is 0.0611 e. The second-order valence-electron chi connectivity index (χ2n) is 6.70. The minimum Gasteiger partial charge on any atom is -0.394 e. The normalized spacial score (nSPS) is 30.6. The average molecular weight is 269 g/mol. The quantitative estimate of drug-likeness (QED) is 0.752. The second kappa shape index (κ2) is 6.53. The molecule has 0 radical (unpaired) electrons. The molecule has 0 spiro atoms. The standard InChI is InChI=1S/C15H31N3O/c1-13(10-15(2,12-19)16-3)18-9-6-14(11-18)17-7-4-5-8-17/h13-14,16,19H,4-12H2,1-3H3. The summed E-state index contributed by atoms with van der Waals surface area (Å²) in [6.07, 6.45) is 5.09. The van der Waals surface area contributed by atoms with E-state index in [-0.39, 0.29) is 12.1 Å². The Kier molecular flexibility index (Phi) is 5.23. The highest BCUT2D eigenvalue weighted by atomic mass is 16.3. The summed E-state index contributed by atoms with van der Waals surface area (Å²) in [5.74, 6) is 0. The zero-order chi connectivity index (χ0) is 13.9. The van der Waals surface area contributed by atoms with Crippen LogP contribution in [0.3, 0.4) is 0 Å². The fourth-order valence-corrected chi connectivity index (χ4v) is 3.60. The molecule has 4 heteroatoms. The summed E-state index contributed by atoms with van der Waals surface area (Å²) >= 11 is 0. The zero-order valence-corrected chi connectivity index (χ0v) is 12.9. The van der Waals surface area contributed by atoms with Crippen LogP contribution < -0.4 is 5.32 Å². The lowest BCUT2D eigenvalue weighted by Crippen LogP contribution is -2.49. The van der Waals surface area contributed by atoms with Gasteiger partial charge >= 0.3 is 0 Å². The van der Waals surface area contributed by atoms with Crippen molar-refractivity contribution in [3.8, 4) is 0 Å². The topological polar surface area (TPSA) is 38.7 Å². The molecule has 2 aliphatic rings. The highest BCUT2D eigenvalue weighted by Gasteiger charge is 2.33. The van der Waals surface area contributed by atoms with E-state index < -0.39 is 0 Å². The molecule has 3 atom stereocenters. The first-order valence-corrected chi connectivity index (χ1v) is 7.86. The largest absolute Gasteiger partial charge is 0.394 e. The molecule has 3 unspecified atom stereocenters. The van der Waals surface area contributed by atoms with E-state index >= 15 is 0 Å². The number of hydrogen-bond acceptors (Lipinski definition) is 4. The molecule has 19 heavy (non-hydrogen) atoms. The number of rotatable bonds is 6. The molecule has 2 aliphatic heterocycles. The molecule has 0 aliphatic carbocycles. The first-order chi connectivity index (χ1) is 9.08. The molecule has 0 saturated carbocycles. The second-order valence-corrected chi connectivity index (χ2v) is 6.70. The summed E-state index contributed by atoms with van der Waals surface area (Å²) in [5, 5.41) is 12.8. The van der Waals surface area contributed by atoms with E-state index in [1.165, 1.54) is 45.4 Å². The Balaban J connectivity index is 1.82. The van der Waals surface area contributed by atoms with Gasteiger partial charge in [-0.15, -0.1) is 0 Å². The Bertz CT molecular complexity index is 275. The molecular formula is C15H31N3O. The molecule has 2 heterocycles. The van der Waals surface area contributed by atoms with Crippen LogP contribution in [0.5, 0.6) is 0 Å². The lowest BCUT2D eigenvalue weighted by Gasteiger charge is -2.34. The van der Waals surface area contributed by atoms with Gasteiger partial charge in [0.1, 0.15) is 0 Å². The number of likely N-dealkylation sites (tertiary alicyclic amines) is 2. The maximum atomic E-state index is 9.51. The third-order valence-electron chi connectivity index (χ3n) is 5.17. The fraction of sp³-hybridized carbons (Fsp3) is 1.00. The predicted molar refractivity (Wildman–Crippen MR) is 79.4 cm³/mol. The van der Waals surface area contributed by atoms with Crippen LogP contribution in [0.2, 0.25) is 0 Å². The van der Waals surface area contributed by atoms with Gasteiger partial charge in [0.15, 0.2) is 0 Å². The summed E-state index contributed by atoms with van der Waals surface area (Å²) in [6.45, 7) is 9.65. The Labute approximate surface area is 118 Å². The van der Waals surface area contributed by atoms with E-state index in [9.17, 15) is 5.11 Å². The zero-order valence-electron chi connectivity index (χ0n) is 12.9. The van der Waals surface area contributed by atoms with Crippen LogP contribution in [0.25, 0.3) is 0 Å². The van der Waals surface area contributed by atoms with Crippen LogP contribution >= 0.6 is 0 Å². The summed E-state index contributed by atoms with van der Waals surface area (Å²) in [6, 6.07) is 1.32. The molecule has 0 aromatic heterocycles. The molecular weight excluding hydrogens is 238 g/mol. The maximum Gasteiger partial charge on any atom is 0.0611 e. The van der Waals surface area contributed by atoms with Gasteiger partial charge in [-0.05, 0) is 59.7 Å². The number of hydrogen-bond donors (Lipinski definition) is 2. The number of nitrogens with one attached hydrogen (secondary N) is 1. The van der Waals surface area contributed by atoms with E-state index in [0.29, 0.717) is 6.04 Å². The first kappa shape index (κ1) is 15.2. The minimum atomic E-state index is -0.148. The summed E-state index contributed by atoms with van der Waals surface area (Å²) in [4.78, 5) is 5.28. The predicted octanol–water partition coefficient (Wildman–Crippen LogP) is 0.905. The van der Waals surface area contributed by atoms with Gasteiger partial charge in [0.25, 0.3) is 0 Å². The van der Waals surface area contributed by atoms with E-state index in [4.69, 9.17) is 0 Å². The van der Waals surface area contributed by atoms with Crippen molar-refractivity contribution < 1.29 is 5.11 Å². The van der Waals surface area contributed by atoms with Crippen LogP contribution in [0.1, 0.15) is 39.5 Å². The van der Waals surface area contributed by atoms with E-state index in [0.717, 1.165) is 12.5 Å². The van der Waals surface area contributed by atoms with Gasteiger partial charge in [-0.25, -0.2) is 0 Å². The van der Waals surface area contributed by atoms with Gasteiger partial charge in [0, 0.05) is 30.7 Å². The van der Waals surface area contributed by atoms with Gasteiger partial charge in [-0.1, -0.05) is 0 Å². The third kappa shape index (κ3) is 3.69. The fourth-order valence-electron chi connectivity index (χ4n) is 3.60. The Morgan fingerprint density at radius 3 is 2.58 bits per heavy atom. The lowest BCUT2D eigenvalue weighted by molar-refractivity contribution is 0.126. The molecule has 2 fully saturated rings. The Hall–Kier alpha value is -0.160. The van der Waals surface area contributed by atoms with Crippen LogP contribution in [0, 0.1) is 0 Å². The highest BCUT2D eigenvalue weighted by molar-refractivity contribution is 4.91. The molecule has 2 saturated heterocycles. The van der Waals surface area contributed by atoms with Crippen molar-refractivity contribution in [1.29, 1.82) is 0 Å². The van der Waals surface area contributed by atoms with Crippen molar-refractivity contribution in [2.24, 2.45) is 0 Å². The van der Waals surface area contributed by atoms with Crippen molar-refractivity contribution in [3.63, 3.8) is 0 Å². The average Bonchev–Trinajstić information content (AvgIpc) is 3.08. The molecule has 0 amide bonds. The first-order valence-electron chi connectivity index (χ1n) is 7.86. The number of nitrogens with zero attached hydrogens (tertiary/aromatic N) is 2. The van der Waals surface area contributed by atoms with Crippen LogP contribution in [0.4, 0.5) is 0 Å². The lowest BCUT2D eigenvalue weighted by atomic mass is 9.94. The van der Waals surface area contributed by atoms with E-state index in [1.807, 2.05) is 7.05 Å². The summed E-state index contributed by atoms with van der Waals surface area (Å²) in [5.41, 5.74) is -0.148. The van der Waals surface area contributed by atoms with Gasteiger partial charge < -0.3 is 10.4 Å². The Morgan fingerprint density at radius 2 is 2.00 bits per heavy atom. The number of aliphatic hydroxyl groups excluding tert-OH is 1. The summed E-state index contributed by atoms with van der Waals surface area (Å²) in [7, 11) is 1.94. The maximum absolute atomic E-state index is 9.51. The molecule has 2 N–H and O–H groups in total. The minimum absolute atomic E-state index is 0.148. The van der Waals surface area contributed by atoms with Gasteiger partial charge in [-0.3, -0.25) is 9.80 Å². The van der Waals surface area contributed by atoms with E-state index in [2.05, 4.69) is 29.0 Å². The SMILES string of the molecule is CNC(C)(CO)CC(C)N1CCC(N2CCCC2)C1. The monoisotopic (exact) mass is 269 g/mol. The number of aliphatic hydroxyl groups is 1. The van der Waals surface area contributed by atoms with E-state index in [1.54, 1.807) is 0 Å². The van der Waals surface area contributed by atoms with Crippen molar-refractivity contribution in [2.45, 2.75) is 57.2 Å². The van der Waals surface area contributed by atoms with Gasteiger partial charge in [-0.2, -0.15) is 0 Å². The number of likely N-dealkylation sites (N-methyl/N-ethyl adjacent to an activating group) is 1.